The summed E-state index contributed by atoms with van der Waals surface area (Å²) >= 11 is 0. The summed E-state index contributed by atoms with van der Waals surface area (Å²) in [5, 5.41) is 0. The van der Waals surface area contributed by atoms with Gasteiger partial charge in [-0.1, -0.05) is 54.6 Å². The van der Waals surface area contributed by atoms with Gasteiger partial charge in [-0.15, -0.1) is 0 Å². The first kappa shape index (κ1) is 14.6. The van der Waals surface area contributed by atoms with E-state index < -0.39 is 5.66 Å². The molecule has 1 atom stereocenters. The Kier molecular flexibility index (Phi) is 3.84. The van der Waals surface area contributed by atoms with Crippen LogP contribution in [0.1, 0.15) is 23.5 Å². The van der Waals surface area contributed by atoms with Crippen molar-refractivity contribution in [3.63, 3.8) is 0 Å². The molecular weight excluding hydrogens is 270 g/mol. The van der Waals surface area contributed by atoms with E-state index >= 15 is 0 Å². The summed E-state index contributed by atoms with van der Waals surface area (Å²) in [5.41, 5.74) is 21.4. The minimum atomic E-state index is -0.744. The van der Waals surface area contributed by atoms with Crippen LogP contribution in [0, 0.1) is 0 Å². The minimum absolute atomic E-state index is 0.161. The number of allylic oxidation sites excluding steroid dienone is 2. The molecule has 0 spiro atoms. The van der Waals surface area contributed by atoms with Crippen molar-refractivity contribution < 1.29 is 0 Å². The van der Waals surface area contributed by atoms with Gasteiger partial charge in [-0.25, -0.2) is 0 Å². The Bertz CT molecular complexity index is 697. The highest BCUT2D eigenvalue weighted by molar-refractivity contribution is 5.49. The maximum Gasteiger partial charge on any atom is 0.0867 e. The average molecular weight is 291 g/mol. The van der Waals surface area contributed by atoms with E-state index in [2.05, 4.69) is 42.5 Å². The zero-order valence-electron chi connectivity index (χ0n) is 12.4. The highest BCUT2D eigenvalue weighted by Gasteiger charge is 2.23. The highest BCUT2D eigenvalue weighted by Crippen LogP contribution is 2.35. The summed E-state index contributed by atoms with van der Waals surface area (Å²) in [6.07, 6.45) is 6.69. The normalized spacial score (nSPS) is 17.8. The summed E-state index contributed by atoms with van der Waals surface area (Å²) in [6, 6.07) is 18.5. The molecule has 0 fully saturated rings. The summed E-state index contributed by atoms with van der Waals surface area (Å²) in [6.45, 7) is 0. The van der Waals surface area contributed by atoms with Gasteiger partial charge in [0.25, 0.3) is 0 Å². The summed E-state index contributed by atoms with van der Waals surface area (Å²) in [4.78, 5) is 0. The summed E-state index contributed by atoms with van der Waals surface area (Å²) in [7, 11) is 0. The van der Waals surface area contributed by atoms with Crippen LogP contribution in [0.2, 0.25) is 0 Å². The number of hydrogen-bond donors (Lipinski definition) is 3. The second-order valence-electron chi connectivity index (χ2n) is 5.86. The smallest absolute Gasteiger partial charge is 0.0867 e. The van der Waals surface area contributed by atoms with E-state index in [4.69, 9.17) is 17.2 Å². The predicted octanol–water partition coefficient (Wildman–Crippen LogP) is 2.90. The zero-order chi connectivity index (χ0) is 15.6. The first-order chi connectivity index (χ1) is 10.6. The van der Waals surface area contributed by atoms with Gasteiger partial charge in [0.15, 0.2) is 0 Å². The SMILES string of the molecule is Nc1ccc(C(C2=CCC(N)(N)C=C2)c2ccccc2)cc1. The summed E-state index contributed by atoms with van der Waals surface area (Å²) < 4.78 is 0. The topological polar surface area (TPSA) is 78.1 Å². The molecule has 0 aliphatic heterocycles. The molecule has 2 aromatic carbocycles. The lowest BCUT2D eigenvalue weighted by atomic mass is 9.81. The van der Waals surface area contributed by atoms with Crippen LogP contribution in [-0.4, -0.2) is 5.66 Å². The van der Waals surface area contributed by atoms with Crippen LogP contribution in [0.5, 0.6) is 0 Å². The van der Waals surface area contributed by atoms with Crippen molar-refractivity contribution in [3.8, 4) is 0 Å². The van der Waals surface area contributed by atoms with Gasteiger partial charge >= 0.3 is 0 Å². The van der Waals surface area contributed by atoms with Crippen LogP contribution >= 0.6 is 0 Å². The van der Waals surface area contributed by atoms with Gasteiger partial charge in [-0.3, -0.25) is 0 Å². The molecule has 0 amide bonds. The number of hydrogen-bond acceptors (Lipinski definition) is 3. The van der Waals surface area contributed by atoms with E-state index in [9.17, 15) is 0 Å². The number of benzene rings is 2. The van der Waals surface area contributed by atoms with Gasteiger partial charge in [0, 0.05) is 18.0 Å². The van der Waals surface area contributed by atoms with Gasteiger partial charge < -0.3 is 17.2 Å². The predicted molar refractivity (Wildman–Crippen MR) is 92.1 cm³/mol. The van der Waals surface area contributed by atoms with Crippen molar-refractivity contribution in [2.45, 2.75) is 18.0 Å². The molecule has 0 aromatic heterocycles. The van der Waals surface area contributed by atoms with Crippen molar-refractivity contribution in [2.24, 2.45) is 11.5 Å². The molecule has 0 saturated heterocycles. The minimum Gasteiger partial charge on any atom is -0.399 e. The van der Waals surface area contributed by atoms with Crippen LogP contribution < -0.4 is 17.2 Å². The van der Waals surface area contributed by atoms with Crippen molar-refractivity contribution in [2.75, 3.05) is 5.73 Å². The monoisotopic (exact) mass is 291 g/mol. The Morgan fingerprint density at radius 3 is 2.09 bits per heavy atom. The summed E-state index contributed by atoms with van der Waals surface area (Å²) in [5.74, 6) is 0.161. The third-order valence-electron chi connectivity index (χ3n) is 4.01. The maximum atomic E-state index is 5.97. The molecular formula is C19H21N3. The Hall–Kier alpha value is -2.36. The zero-order valence-corrected chi connectivity index (χ0v) is 12.4. The van der Waals surface area contributed by atoms with Gasteiger partial charge in [-0.05, 0) is 34.9 Å². The first-order valence-electron chi connectivity index (χ1n) is 7.43. The Morgan fingerprint density at radius 1 is 0.864 bits per heavy atom. The largest absolute Gasteiger partial charge is 0.399 e. The number of nitrogens with two attached hydrogens (primary N) is 3. The molecule has 3 nitrogen and oxygen atoms in total. The molecule has 0 saturated carbocycles. The quantitative estimate of drug-likeness (QED) is 0.601. The molecule has 0 heterocycles. The number of rotatable bonds is 3. The van der Waals surface area contributed by atoms with Gasteiger partial charge in [0.05, 0.1) is 5.66 Å². The fraction of sp³-hybridized carbons (Fsp3) is 0.158. The van der Waals surface area contributed by atoms with Crippen LogP contribution in [0.4, 0.5) is 5.69 Å². The molecule has 0 bridgehead atoms. The van der Waals surface area contributed by atoms with Crippen molar-refractivity contribution in [1.29, 1.82) is 0 Å². The Balaban J connectivity index is 2.03. The van der Waals surface area contributed by atoms with Crippen LogP contribution in [0.15, 0.2) is 78.4 Å². The Morgan fingerprint density at radius 2 is 1.50 bits per heavy atom. The molecule has 2 aromatic rings. The lowest BCUT2D eigenvalue weighted by Crippen LogP contribution is -2.47. The first-order valence-corrected chi connectivity index (χ1v) is 7.43. The van der Waals surface area contributed by atoms with Crippen molar-refractivity contribution in [3.05, 3.63) is 89.5 Å². The van der Waals surface area contributed by atoms with Crippen molar-refractivity contribution in [1.82, 2.24) is 0 Å². The molecule has 6 N–H and O–H groups in total. The van der Waals surface area contributed by atoms with E-state index in [-0.39, 0.29) is 5.92 Å². The fourth-order valence-corrected chi connectivity index (χ4v) is 2.81. The van der Waals surface area contributed by atoms with Crippen LogP contribution in [-0.2, 0) is 0 Å². The van der Waals surface area contributed by atoms with Gasteiger partial charge in [0.1, 0.15) is 0 Å². The van der Waals surface area contributed by atoms with Gasteiger partial charge in [0.2, 0.25) is 0 Å². The third-order valence-corrected chi connectivity index (χ3v) is 4.01. The van der Waals surface area contributed by atoms with E-state index in [1.807, 2.05) is 30.4 Å². The standard InChI is InChI=1S/C19H21N3/c20-17-8-6-15(7-9-17)18(14-4-2-1-3-5-14)16-10-12-19(21,22)13-11-16/h1-12,18H,13,20-22H2. The maximum absolute atomic E-state index is 5.97. The Labute approximate surface area is 131 Å². The highest BCUT2D eigenvalue weighted by atomic mass is 14.9. The van der Waals surface area contributed by atoms with E-state index in [0.29, 0.717) is 6.42 Å². The third kappa shape index (κ3) is 3.11. The van der Waals surface area contributed by atoms with Crippen LogP contribution in [0.3, 0.4) is 0 Å². The molecule has 3 heteroatoms. The second kappa shape index (κ2) is 5.79. The molecule has 1 unspecified atom stereocenters. The number of anilines is 1. The van der Waals surface area contributed by atoms with E-state index in [0.717, 1.165) is 5.69 Å². The molecule has 3 rings (SSSR count). The lowest BCUT2D eigenvalue weighted by Gasteiger charge is -2.27. The fourth-order valence-electron chi connectivity index (χ4n) is 2.81. The number of nitrogen functional groups attached to an aromatic ring is 1. The van der Waals surface area contributed by atoms with Crippen LogP contribution in [0.25, 0.3) is 0 Å². The van der Waals surface area contributed by atoms with E-state index in [1.54, 1.807) is 0 Å². The van der Waals surface area contributed by atoms with Gasteiger partial charge in [-0.2, -0.15) is 0 Å². The molecule has 1 aliphatic rings. The second-order valence-corrected chi connectivity index (χ2v) is 5.86. The lowest BCUT2D eigenvalue weighted by molar-refractivity contribution is 0.552. The molecule has 0 radical (unpaired) electrons. The van der Waals surface area contributed by atoms with E-state index in [1.165, 1.54) is 16.7 Å². The molecule has 1 aliphatic carbocycles. The average Bonchev–Trinajstić information content (AvgIpc) is 2.52. The van der Waals surface area contributed by atoms with Crippen molar-refractivity contribution >= 4 is 5.69 Å². The molecule has 112 valence electrons. The molecule has 22 heavy (non-hydrogen) atoms.